The van der Waals surface area contributed by atoms with Gasteiger partial charge in [-0.3, -0.25) is 4.79 Å². The third-order valence-corrected chi connectivity index (χ3v) is 2.38. The normalized spacial score (nSPS) is 21.8. The highest BCUT2D eigenvalue weighted by Crippen LogP contribution is 2.18. The zero-order valence-electron chi connectivity index (χ0n) is 7.76. The summed E-state index contributed by atoms with van der Waals surface area (Å²) in [5.74, 6) is 5.90. The van der Waals surface area contributed by atoms with Crippen LogP contribution in [-0.2, 0) is 4.79 Å². The molecule has 0 N–H and O–H groups in total. The van der Waals surface area contributed by atoms with Crippen molar-refractivity contribution in [2.24, 2.45) is 5.92 Å². The first-order chi connectivity index (χ1) is 5.77. The van der Waals surface area contributed by atoms with Crippen LogP contribution in [0.5, 0.6) is 0 Å². The second-order valence-electron chi connectivity index (χ2n) is 3.19. The van der Waals surface area contributed by atoms with Crippen molar-refractivity contribution in [1.29, 1.82) is 0 Å². The number of likely N-dealkylation sites (tertiary alicyclic amines) is 1. The predicted molar refractivity (Wildman–Crippen MR) is 48.4 cm³/mol. The van der Waals surface area contributed by atoms with E-state index in [0.29, 0.717) is 5.92 Å². The highest BCUT2D eigenvalue weighted by Gasteiger charge is 2.23. The van der Waals surface area contributed by atoms with Crippen molar-refractivity contribution in [2.45, 2.75) is 26.7 Å². The number of carbonyl (C=O) groups excluding carboxylic acids is 1. The van der Waals surface area contributed by atoms with Crippen molar-refractivity contribution in [1.82, 2.24) is 4.90 Å². The van der Waals surface area contributed by atoms with Crippen molar-refractivity contribution < 1.29 is 4.79 Å². The minimum atomic E-state index is -0.00606. The Bertz CT molecular complexity index is 224. The minimum Gasteiger partial charge on any atom is -0.332 e. The molecule has 66 valence electrons. The van der Waals surface area contributed by atoms with Crippen LogP contribution in [-0.4, -0.2) is 23.9 Å². The number of hydrogen-bond acceptors (Lipinski definition) is 1. The minimum absolute atomic E-state index is 0.00606. The summed E-state index contributed by atoms with van der Waals surface area (Å²) in [6.45, 7) is 5.67. The first-order valence-corrected chi connectivity index (χ1v) is 4.49. The molecule has 1 amide bonds. The van der Waals surface area contributed by atoms with Crippen molar-refractivity contribution >= 4 is 5.91 Å². The summed E-state index contributed by atoms with van der Waals surface area (Å²) in [4.78, 5) is 13.1. The zero-order valence-corrected chi connectivity index (χ0v) is 7.76. The van der Waals surface area contributed by atoms with Crippen LogP contribution < -0.4 is 0 Å². The van der Waals surface area contributed by atoms with E-state index in [2.05, 4.69) is 18.8 Å². The van der Waals surface area contributed by atoms with Gasteiger partial charge in [0.05, 0.1) is 0 Å². The van der Waals surface area contributed by atoms with Crippen LogP contribution in [0.4, 0.5) is 0 Å². The third-order valence-electron chi connectivity index (χ3n) is 2.38. The van der Waals surface area contributed by atoms with Gasteiger partial charge in [0.25, 0.3) is 5.91 Å². The standard InChI is InChI=1S/C10H15NO/c1-3-5-10(12)11-7-6-9(4-2)8-11/h9H,4,6-8H2,1-2H3/t9-/m1/s1. The fraction of sp³-hybridized carbons (Fsp3) is 0.700. The van der Waals surface area contributed by atoms with Crippen molar-refractivity contribution in [2.75, 3.05) is 13.1 Å². The highest BCUT2D eigenvalue weighted by molar-refractivity contribution is 5.93. The summed E-state index contributed by atoms with van der Waals surface area (Å²) in [6, 6.07) is 0. The number of nitrogens with zero attached hydrogens (tertiary/aromatic N) is 1. The maximum Gasteiger partial charge on any atom is 0.298 e. The van der Waals surface area contributed by atoms with Crippen molar-refractivity contribution in [3.63, 3.8) is 0 Å². The quantitative estimate of drug-likeness (QED) is 0.536. The molecule has 1 heterocycles. The Kier molecular flexibility index (Phi) is 3.16. The molecule has 12 heavy (non-hydrogen) atoms. The van der Waals surface area contributed by atoms with Crippen LogP contribution in [0.2, 0.25) is 0 Å². The van der Waals surface area contributed by atoms with E-state index in [1.54, 1.807) is 6.92 Å². The van der Waals surface area contributed by atoms with Gasteiger partial charge in [-0.15, -0.1) is 0 Å². The Morgan fingerprint density at radius 1 is 1.67 bits per heavy atom. The molecular formula is C10H15NO. The molecule has 0 radical (unpaired) electrons. The average molecular weight is 165 g/mol. The van der Waals surface area contributed by atoms with Gasteiger partial charge >= 0.3 is 0 Å². The molecule has 0 bridgehead atoms. The molecule has 2 heteroatoms. The molecule has 0 unspecified atom stereocenters. The van der Waals surface area contributed by atoms with Gasteiger partial charge in [-0.2, -0.15) is 0 Å². The Labute approximate surface area is 73.9 Å². The van der Waals surface area contributed by atoms with Gasteiger partial charge in [0, 0.05) is 13.1 Å². The molecule has 1 rings (SSSR count). The first-order valence-electron chi connectivity index (χ1n) is 4.49. The second-order valence-corrected chi connectivity index (χ2v) is 3.19. The number of hydrogen-bond donors (Lipinski definition) is 0. The van der Waals surface area contributed by atoms with E-state index >= 15 is 0 Å². The molecule has 0 aliphatic carbocycles. The fourth-order valence-electron chi connectivity index (χ4n) is 1.54. The molecule has 1 fully saturated rings. The number of carbonyl (C=O) groups is 1. The van der Waals surface area contributed by atoms with Crippen LogP contribution in [0.15, 0.2) is 0 Å². The molecule has 1 aliphatic heterocycles. The van der Waals surface area contributed by atoms with Gasteiger partial charge < -0.3 is 4.90 Å². The molecule has 0 aromatic heterocycles. The molecular weight excluding hydrogens is 150 g/mol. The van der Waals surface area contributed by atoms with Crippen LogP contribution >= 0.6 is 0 Å². The molecule has 1 aliphatic rings. The van der Waals surface area contributed by atoms with E-state index in [1.165, 1.54) is 6.42 Å². The largest absolute Gasteiger partial charge is 0.332 e. The molecule has 0 aromatic carbocycles. The monoisotopic (exact) mass is 165 g/mol. The van der Waals surface area contributed by atoms with Crippen LogP contribution in [0.1, 0.15) is 26.7 Å². The second kappa shape index (κ2) is 4.15. The van der Waals surface area contributed by atoms with Gasteiger partial charge in [-0.25, -0.2) is 0 Å². The van der Waals surface area contributed by atoms with Gasteiger partial charge in [0.1, 0.15) is 0 Å². The van der Waals surface area contributed by atoms with E-state index < -0.39 is 0 Å². The summed E-state index contributed by atoms with van der Waals surface area (Å²) >= 11 is 0. The third kappa shape index (κ3) is 2.01. The van der Waals surface area contributed by atoms with E-state index in [0.717, 1.165) is 19.5 Å². The Morgan fingerprint density at radius 2 is 2.42 bits per heavy atom. The molecule has 0 spiro atoms. The predicted octanol–water partition coefficient (Wildman–Crippen LogP) is 1.27. The van der Waals surface area contributed by atoms with Crippen LogP contribution in [0, 0.1) is 17.8 Å². The van der Waals surface area contributed by atoms with E-state index in [9.17, 15) is 4.79 Å². The van der Waals surface area contributed by atoms with Crippen molar-refractivity contribution in [3.05, 3.63) is 0 Å². The summed E-state index contributed by atoms with van der Waals surface area (Å²) in [5.41, 5.74) is 0. The summed E-state index contributed by atoms with van der Waals surface area (Å²) in [7, 11) is 0. The lowest BCUT2D eigenvalue weighted by atomic mass is 10.1. The molecule has 1 atom stereocenters. The van der Waals surface area contributed by atoms with Gasteiger partial charge in [0.2, 0.25) is 0 Å². The SMILES string of the molecule is CC#CC(=O)N1CC[C@@H](CC)C1. The summed E-state index contributed by atoms with van der Waals surface area (Å²) in [6.07, 6.45) is 2.32. The first kappa shape index (κ1) is 9.12. The maximum atomic E-state index is 11.3. The maximum absolute atomic E-state index is 11.3. The lowest BCUT2D eigenvalue weighted by Crippen LogP contribution is -2.27. The zero-order chi connectivity index (χ0) is 8.97. The van der Waals surface area contributed by atoms with Gasteiger partial charge in [-0.05, 0) is 25.2 Å². The molecule has 1 saturated heterocycles. The summed E-state index contributed by atoms with van der Waals surface area (Å²) < 4.78 is 0. The topological polar surface area (TPSA) is 20.3 Å². The number of amides is 1. The molecule has 0 aromatic rings. The van der Waals surface area contributed by atoms with Crippen LogP contribution in [0.25, 0.3) is 0 Å². The molecule has 2 nitrogen and oxygen atoms in total. The van der Waals surface area contributed by atoms with E-state index in [1.807, 2.05) is 4.90 Å². The molecule has 0 saturated carbocycles. The fourth-order valence-corrected chi connectivity index (χ4v) is 1.54. The van der Waals surface area contributed by atoms with Gasteiger partial charge in [-0.1, -0.05) is 19.3 Å². The smallest absolute Gasteiger partial charge is 0.298 e. The highest BCUT2D eigenvalue weighted by atomic mass is 16.2. The average Bonchev–Trinajstić information content (AvgIpc) is 2.52. The van der Waals surface area contributed by atoms with E-state index in [4.69, 9.17) is 0 Å². The Balaban J connectivity index is 2.44. The Hall–Kier alpha value is -0.970. The van der Waals surface area contributed by atoms with Crippen LogP contribution in [0.3, 0.4) is 0 Å². The summed E-state index contributed by atoms with van der Waals surface area (Å²) in [5, 5.41) is 0. The Morgan fingerprint density at radius 3 is 2.92 bits per heavy atom. The number of rotatable bonds is 1. The van der Waals surface area contributed by atoms with E-state index in [-0.39, 0.29) is 5.91 Å². The lowest BCUT2D eigenvalue weighted by molar-refractivity contribution is -0.124. The van der Waals surface area contributed by atoms with Crippen molar-refractivity contribution in [3.8, 4) is 11.8 Å². The van der Waals surface area contributed by atoms with Gasteiger partial charge in [0.15, 0.2) is 0 Å². The lowest BCUT2D eigenvalue weighted by Gasteiger charge is -2.11.